The van der Waals surface area contributed by atoms with Crippen molar-refractivity contribution in [2.75, 3.05) is 19.6 Å². The van der Waals surface area contributed by atoms with E-state index in [4.69, 9.17) is 4.99 Å². The third-order valence-corrected chi connectivity index (χ3v) is 6.03. The van der Waals surface area contributed by atoms with Gasteiger partial charge in [0.1, 0.15) is 0 Å². The second kappa shape index (κ2) is 8.97. The van der Waals surface area contributed by atoms with Crippen molar-refractivity contribution in [3.05, 3.63) is 57.7 Å². The number of benzene rings is 1. The highest BCUT2D eigenvalue weighted by Gasteiger charge is 2.22. The Morgan fingerprint density at radius 3 is 2.82 bits per heavy atom. The lowest BCUT2D eigenvalue weighted by molar-refractivity contribution is 0.235. The summed E-state index contributed by atoms with van der Waals surface area (Å²) in [6.45, 7) is 3.48. The molecule has 3 heterocycles. The first-order valence-corrected chi connectivity index (χ1v) is 10.7. The van der Waals surface area contributed by atoms with Crippen molar-refractivity contribution in [3.63, 3.8) is 0 Å². The number of nitrogens with zero attached hydrogens (tertiary/aromatic N) is 4. The van der Waals surface area contributed by atoms with E-state index in [0.29, 0.717) is 12.1 Å². The minimum absolute atomic E-state index is 0.565. The number of fused-ring (bicyclic) bond motifs is 1. The lowest BCUT2D eigenvalue weighted by Gasteiger charge is -2.26. The smallest absolute Gasteiger partial charge is 0.155 e. The molecule has 2 aliphatic heterocycles. The molecule has 1 aromatic heterocycles. The number of aliphatic imine (C=N–C) groups is 1. The Balaban J connectivity index is 1.47. The fourth-order valence-electron chi connectivity index (χ4n) is 4.05. The van der Waals surface area contributed by atoms with Crippen molar-refractivity contribution in [1.82, 2.24) is 9.88 Å². The quantitative estimate of drug-likeness (QED) is 0.399. The molecule has 0 amide bonds. The molecule has 1 N–H and O–H groups in total. The van der Waals surface area contributed by atoms with E-state index in [1.807, 2.05) is 30.3 Å². The second-order valence-corrected chi connectivity index (χ2v) is 8.44. The first-order valence-electron chi connectivity index (χ1n) is 9.95. The molecule has 0 atom stereocenters. The number of piperidine rings is 1. The lowest BCUT2D eigenvalue weighted by atomic mass is 9.96. The summed E-state index contributed by atoms with van der Waals surface area (Å²) in [6, 6.07) is 10.0. The van der Waals surface area contributed by atoms with E-state index >= 15 is 0 Å². The van der Waals surface area contributed by atoms with Gasteiger partial charge in [0, 0.05) is 46.9 Å². The van der Waals surface area contributed by atoms with Crippen molar-refractivity contribution in [2.45, 2.75) is 38.5 Å². The zero-order chi connectivity index (χ0) is 19.3. The second-order valence-electron chi connectivity index (χ2n) is 7.52. The molecule has 28 heavy (non-hydrogen) atoms. The summed E-state index contributed by atoms with van der Waals surface area (Å²) < 4.78 is 1.02. The van der Waals surface area contributed by atoms with E-state index in [1.165, 1.54) is 38.1 Å². The van der Waals surface area contributed by atoms with E-state index in [1.54, 1.807) is 6.20 Å². The third-order valence-electron chi connectivity index (χ3n) is 5.54. The number of pyridine rings is 1. The van der Waals surface area contributed by atoms with Gasteiger partial charge in [0.25, 0.3) is 0 Å². The molecule has 0 saturated carbocycles. The fourth-order valence-corrected chi connectivity index (χ4v) is 4.50. The molecular formula is C22H25BrN4O. The largest absolute Gasteiger partial charge is 0.411 e. The van der Waals surface area contributed by atoms with Gasteiger partial charge in [-0.15, -0.1) is 0 Å². The number of rotatable bonds is 6. The molecule has 0 unspecified atom stereocenters. The highest BCUT2D eigenvalue weighted by molar-refractivity contribution is 9.10. The van der Waals surface area contributed by atoms with Gasteiger partial charge in [-0.3, -0.25) is 0 Å². The molecule has 2 aromatic rings. The zero-order valence-electron chi connectivity index (χ0n) is 15.9. The Hall–Kier alpha value is -2.05. The average molecular weight is 441 g/mol. The lowest BCUT2D eigenvalue weighted by Crippen LogP contribution is -2.31. The van der Waals surface area contributed by atoms with E-state index in [-0.39, 0.29) is 0 Å². The van der Waals surface area contributed by atoms with Gasteiger partial charge in [0.15, 0.2) is 5.82 Å². The van der Waals surface area contributed by atoms with Crippen LogP contribution in [0.4, 0.5) is 5.82 Å². The molecule has 0 radical (unpaired) electrons. The standard InChI is InChI=1S/C22H25BrN4O/c23-17-6-4-5-16(13-17)14-21(26-28)19-7-9-24-22-20(19)15-18(25-22)8-12-27-10-2-1-3-11-27/h4-7,9,13,28H,1-3,8,10-12,14-15H2/b26-21+. The normalized spacial score (nSPS) is 17.5. The van der Waals surface area contributed by atoms with Gasteiger partial charge >= 0.3 is 0 Å². The van der Waals surface area contributed by atoms with E-state index < -0.39 is 0 Å². The Bertz CT molecular complexity index is 903. The van der Waals surface area contributed by atoms with Crippen molar-refractivity contribution < 1.29 is 5.21 Å². The summed E-state index contributed by atoms with van der Waals surface area (Å²) in [5, 5.41) is 13.3. The molecule has 1 fully saturated rings. The molecule has 5 nitrogen and oxygen atoms in total. The van der Waals surface area contributed by atoms with Crippen LogP contribution < -0.4 is 0 Å². The number of oxime groups is 1. The Morgan fingerprint density at radius 2 is 2.04 bits per heavy atom. The topological polar surface area (TPSA) is 61.1 Å². The van der Waals surface area contributed by atoms with Crippen LogP contribution in [0.25, 0.3) is 0 Å². The van der Waals surface area contributed by atoms with Crippen LogP contribution in [0.2, 0.25) is 0 Å². The molecule has 146 valence electrons. The van der Waals surface area contributed by atoms with Crippen LogP contribution in [0.3, 0.4) is 0 Å². The molecular weight excluding hydrogens is 416 g/mol. The number of hydrogen-bond donors (Lipinski definition) is 1. The monoisotopic (exact) mass is 440 g/mol. The highest BCUT2D eigenvalue weighted by atomic mass is 79.9. The predicted octanol–water partition coefficient (Wildman–Crippen LogP) is 4.77. The van der Waals surface area contributed by atoms with Gasteiger partial charge < -0.3 is 10.1 Å². The van der Waals surface area contributed by atoms with Gasteiger partial charge in [0.05, 0.1) is 5.71 Å². The Morgan fingerprint density at radius 1 is 1.18 bits per heavy atom. The van der Waals surface area contributed by atoms with Crippen LogP contribution >= 0.6 is 15.9 Å². The maximum atomic E-state index is 9.69. The summed E-state index contributed by atoms with van der Waals surface area (Å²) in [5.41, 5.74) is 4.96. The van der Waals surface area contributed by atoms with Gasteiger partial charge in [-0.1, -0.05) is 39.6 Å². The predicted molar refractivity (Wildman–Crippen MR) is 116 cm³/mol. The SMILES string of the molecule is O/N=C(\Cc1cccc(Br)c1)c1ccnc2c1CC(CCN1CCCCC1)=N2. The van der Waals surface area contributed by atoms with Gasteiger partial charge in [-0.25, -0.2) is 9.98 Å². The van der Waals surface area contributed by atoms with Crippen LogP contribution in [-0.2, 0) is 12.8 Å². The molecule has 0 bridgehead atoms. The average Bonchev–Trinajstić information content (AvgIpc) is 3.15. The molecule has 0 aliphatic carbocycles. The maximum Gasteiger partial charge on any atom is 0.155 e. The molecule has 4 rings (SSSR count). The minimum atomic E-state index is 0.565. The first kappa shape index (κ1) is 19.3. The van der Waals surface area contributed by atoms with Gasteiger partial charge in [-0.05, 0) is 56.1 Å². The Kier molecular flexibility index (Phi) is 6.17. The van der Waals surface area contributed by atoms with Crippen LogP contribution in [0.15, 0.2) is 51.1 Å². The van der Waals surface area contributed by atoms with Crippen LogP contribution in [0.1, 0.15) is 42.4 Å². The molecule has 1 saturated heterocycles. The summed E-state index contributed by atoms with van der Waals surface area (Å²) in [4.78, 5) is 11.8. The molecule has 6 heteroatoms. The summed E-state index contributed by atoms with van der Waals surface area (Å²) in [5.74, 6) is 0.779. The summed E-state index contributed by atoms with van der Waals surface area (Å²) in [6.07, 6.45) is 8.08. The third kappa shape index (κ3) is 4.50. The fraction of sp³-hybridized carbons (Fsp3) is 0.409. The summed E-state index contributed by atoms with van der Waals surface area (Å²) in [7, 11) is 0. The van der Waals surface area contributed by atoms with Crippen molar-refractivity contribution in [1.29, 1.82) is 0 Å². The first-order chi connectivity index (χ1) is 13.7. The number of hydrogen-bond acceptors (Lipinski definition) is 5. The zero-order valence-corrected chi connectivity index (χ0v) is 17.5. The van der Waals surface area contributed by atoms with Crippen LogP contribution in [0.5, 0.6) is 0 Å². The number of aromatic nitrogens is 1. The maximum absolute atomic E-state index is 9.69. The van der Waals surface area contributed by atoms with E-state index in [2.05, 4.69) is 31.0 Å². The van der Waals surface area contributed by atoms with Crippen molar-refractivity contribution >= 4 is 33.2 Å². The number of halogens is 1. The van der Waals surface area contributed by atoms with Gasteiger partial charge in [0.2, 0.25) is 0 Å². The van der Waals surface area contributed by atoms with E-state index in [0.717, 1.165) is 46.4 Å². The highest BCUT2D eigenvalue weighted by Crippen LogP contribution is 2.29. The summed E-state index contributed by atoms with van der Waals surface area (Å²) >= 11 is 3.50. The molecule has 2 aliphatic rings. The molecule has 1 aromatic carbocycles. The van der Waals surface area contributed by atoms with Crippen molar-refractivity contribution in [2.24, 2.45) is 10.1 Å². The van der Waals surface area contributed by atoms with E-state index in [9.17, 15) is 5.21 Å². The Labute approximate surface area is 174 Å². The molecule has 0 spiro atoms. The van der Waals surface area contributed by atoms with Crippen LogP contribution in [0, 0.1) is 0 Å². The van der Waals surface area contributed by atoms with Crippen LogP contribution in [-0.4, -0.2) is 46.1 Å². The van der Waals surface area contributed by atoms with Gasteiger partial charge in [-0.2, -0.15) is 0 Å². The number of likely N-dealkylation sites (tertiary alicyclic amines) is 1. The van der Waals surface area contributed by atoms with Crippen molar-refractivity contribution in [3.8, 4) is 0 Å². The minimum Gasteiger partial charge on any atom is -0.411 e.